The zero-order valence-corrected chi connectivity index (χ0v) is 15.9. The number of carbonyl (C=O) groups excluding carboxylic acids is 1. The second-order valence-electron chi connectivity index (χ2n) is 6.22. The summed E-state index contributed by atoms with van der Waals surface area (Å²) < 4.78 is 0. The van der Waals surface area contributed by atoms with Crippen LogP contribution in [0.15, 0.2) is 52.4 Å². The highest BCUT2D eigenvalue weighted by molar-refractivity contribution is 8.18. The molecule has 0 aliphatic carbocycles. The van der Waals surface area contributed by atoms with Crippen molar-refractivity contribution in [2.45, 2.75) is 6.92 Å². The molecule has 1 heterocycles. The standard InChI is InChI=1S/C19H18N4O3S/c1-12-5-4-6-14(9-12)20-19-21-18(24)17(27-19)11-13-7-8-15(22(2)3)16(10-13)23(25)26/h4-11H,1-3H3,(H,20,21,24)/b17-11-. The van der Waals surface area contributed by atoms with Crippen molar-refractivity contribution >= 4 is 46.0 Å². The molecule has 1 saturated heterocycles. The quantitative estimate of drug-likeness (QED) is 0.493. The molecule has 1 aliphatic rings. The summed E-state index contributed by atoms with van der Waals surface area (Å²) in [6, 6.07) is 12.5. The van der Waals surface area contributed by atoms with Gasteiger partial charge in [-0.2, -0.15) is 0 Å². The Balaban J connectivity index is 1.88. The summed E-state index contributed by atoms with van der Waals surface area (Å²) in [6.07, 6.45) is 1.63. The van der Waals surface area contributed by atoms with Crippen LogP contribution >= 0.6 is 11.8 Å². The van der Waals surface area contributed by atoms with Crippen molar-refractivity contribution in [3.8, 4) is 0 Å². The molecule has 1 amide bonds. The first-order valence-electron chi connectivity index (χ1n) is 8.15. The molecule has 3 rings (SSSR count). The number of amides is 1. The molecular formula is C19H18N4O3S. The molecule has 27 heavy (non-hydrogen) atoms. The first-order chi connectivity index (χ1) is 12.8. The van der Waals surface area contributed by atoms with E-state index in [0.29, 0.717) is 21.3 Å². The molecule has 138 valence electrons. The molecule has 2 aromatic rings. The van der Waals surface area contributed by atoms with E-state index < -0.39 is 4.92 Å². The lowest BCUT2D eigenvalue weighted by atomic mass is 10.1. The predicted octanol–water partition coefficient (Wildman–Crippen LogP) is 3.86. The molecule has 0 aromatic heterocycles. The number of carbonyl (C=O) groups is 1. The number of benzene rings is 2. The predicted molar refractivity (Wildman–Crippen MR) is 109 cm³/mol. The van der Waals surface area contributed by atoms with Crippen molar-refractivity contribution in [1.82, 2.24) is 5.32 Å². The maximum atomic E-state index is 12.2. The van der Waals surface area contributed by atoms with Gasteiger partial charge in [0.25, 0.3) is 11.6 Å². The van der Waals surface area contributed by atoms with Crippen LogP contribution in [0.5, 0.6) is 0 Å². The summed E-state index contributed by atoms with van der Waals surface area (Å²) in [5.74, 6) is -0.272. The molecule has 0 saturated carbocycles. The average molecular weight is 382 g/mol. The van der Waals surface area contributed by atoms with E-state index in [1.807, 2.05) is 31.2 Å². The number of hydrogen-bond acceptors (Lipinski definition) is 6. The van der Waals surface area contributed by atoms with Crippen LogP contribution in [0.1, 0.15) is 11.1 Å². The summed E-state index contributed by atoms with van der Waals surface area (Å²) in [5, 5.41) is 14.5. The number of nitro groups is 1. The Bertz CT molecular complexity index is 983. The number of aliphatic imine (C=N–C) groups is 1. The summed E-state index contributed by atoms with van der Waals surface area (Å²) in [4.78, 5) is 29.7. The van der Waals surface area contributed by atoms with E-state index in [2.05, 4.69) is 10.3 Å². The van der Waals surface area contributed by atoms with Gasteiger partial charge in [0, 0.05) is 20.2 Å². The van der Waals surface area contributed by atoms with Crippen LogP contribution in [-0.2, 0) is 4.79 Å². The summed E-state index contributed by atoms with van der Waals surface area (Å²) in [7, 11) is 3.49. The fraction of sp³-hybridized carbons (Fsp3) is 0.158. The van der Waals surface area contributed by atoms with Gasteiger partial charge in [-0.3, -0.25) is 14.9 Å². The second kappa shape index (κ2) is 7.63. The largest absolute Gasteiger partial charge is 0.372 e. The van der Waals surface area contributed by atoms with Gasteiger partial charge in [0.05, 0.1) is 15.5 Å². The zero-order valence-electron chi connectivity index (χ0n) is 15.1. The first-order valence-corrected chi connectivity index (χ1v) is 8.97. The number of nitro benzene ring substituents is 1. The van der Waals surface area contributed by atoms with Crippen LogP contribution in [0.4, 0.5) is 17.1 Å². The van der Waals surface area contributed by atoms with Crippen molar-refractivity contribution in [2.75, 3.05) is 19.0 Å². The van der Waals surface area contributed by atoms with Gasteiger partial charge in [-0.05, 0) is 54.1 Å². The summed E-state index contributed by atoms with van der Waals surface area (Å²) >= 11 is 1.21. The number of nitrogens with zero attached hydrogens (tertiary/aromatic N) is 3. The molecule has 0 radical (unpaired) electrons. The summed E-state index contributed by atoms with van der Waals surface area (Å²) in [5.41, 5.74) is 2.92. The van der Waals surface area contributed by atoms with E-state index >= 15 is 0 Å². The Morgan fingerprint density at radius 2 is 2.00 bits per heavy atom. The lowest BCUT2D eigenvalue weighted by Gasteiger charge is -2.12. The number of aryl methyl sites for hydroxylation is 1. The molecule has 1 fully saturated rings. The highest BCUT2D eigenvalue weighted by Crippen LogP contribution is 2.32. The van der Waals surface area contributed by atoms with Gasteiger partial charge >= 0.3 is 0 Å². The second-order valence-corrected chi connectivity index (χ2v) is 7.25. The van der Waals surface area contributed by atoms with Gasteiger partial charge in [-0.1, -0.05) is 18.2 Å². The van der Waals surface area contributed by atoms with Crippen LogP contribution in [-0.4, -0.2) is 30.1 Å². The van der Waals surface area contributed by atoms with Crippen molar-refractivity contribution in [3.63, 3.8) is 0 Å². The molecule has 2 aromatic carbocycles. The van der Waals surface area contributed by atoms with Gasteiger partial charge < -0.3 is 10.2 Å². The molecule has 0 unspecified atom stereocenters. The smallest absolute Gasteiger partial charge is 0.293 e. The maximum absolute atomic E-state index is 12.2. The number of hydrogen-bond donors (Lipinski definition) is 1. The van der Waals surface area contributed by atoms with E-state index in [9.17, 15) is 14.9 Å². The Morgan fingerprint density at radius 3 is 2.67 bits per heavy atom. The van der Waals surface area contributed by atoms with Crippen molar-refractivity contribution < 1.29 is 9.72 Å². The number of nitrogens with one attached hydrogen (secondary N) is 1. The molecule has 0 atom stereocenters. The third-order valence-corrected chi connectivity index (χ3v) is 4.77. The number of amidine groups is 1. The minimum Gasteiger partial charge on any atom is -0.372 e. The van der Waals surface area contributed by atoms with E-state index in [0.717, 1.165) is 11.3 Å². The highest BCUT2D eigenvalue weighted by atomic mass is 32.2. The van der Waals surface area contributed by atoms with Gasteiger partial charge in [0.1, 0.15) is 5.69 Å². The van der Waals surface area contributed by atoms with Crippen LogP contribution in [0.3, 0.4) is 0 Å². The van der Waals surface area contributed by atoms with Gasteiger partial charge in [0.15, 0.2) is 5.17 Å². The number of anilines is 1. The normalized spacial score (nSPS) is 16.6. The number of thioether (sulfide) groups is 1. The minimum absolute atomic E-state index is 0.00796. The van der Waals surface area contributed by atoms with Crippen LogP contribution in [0, 0.1) is 17.0 Å². The molecule has 1 N–H and O–H groups in total. The van der Waals surface area contributed by atoms with Crippen molar-refractivity contribution in [2.24, 2.45) is 4.99 Å². The van der Waals surface area contributed by atoms with Gasteiger partial charge in [-0.15, -0.1) is 0 Å². The Hall–Kier alpha value is -3.13. The SMILES string of the molecule is Cc1cccc(N=C2NC(=O)/C(=C/c3ccc(N(C)C)c([N+](=O)[O-])c3)S2)c1. The fourth-order valence-corrected chi connectivity index (χ4v) is 3.44. The first kappa shape index (κ1) is 18.7. The molecular weight excluding hydrogens is 364 g/mol. The molecule has 8 heteroatoms. The lowest BCUT2D eigenvalue weighted by molar-refractivity contribution is -0.384. The Morgan fingerprint density at radius 1 is 1.22 bits per heavy atom. The van der Waals surface area contributed by atoms with E-state index in [1.165, 1.54) is 17.8 Å². The third kappa shape index (κ3) is 4.35. The Kier molecular flexibility index (Phi) is 5.27. The van der Waals surface area contributed by atoms with E-state index in [1.54, 1.807) is 37.2 Å². The van der Waals surface area contributed by atoms with Crippen molar-refractivity contribution in [3.05, 3.63) is 68.6 Å². The van der Waals surface area contributed by atoms with Crippen LogP contribution < -0.4 is 10.2 Å². The van der Waals surface area contributed by atoms with E-state index in [4.69, 9.17) is 0 Å². The van der Waals surface area contributed by atoms with Crippen molar-refractivity contribution in [1.29, 1.82) is 0 Å². The lowest BCUT2D eigenvalue weighted by Crippen LogP contribution is -2.19. The highest BCUT2D eigenvalue weighted by Gasteiger charge is 2.24. The molecule has 0 bridgehead atoms. The topological polar surface area (TPSA) is 87.8 Å². The molecule has 7 nitrogen and oxygen atoms in total. The fourth-order valence-electron chi connectivity index (χ4n) is 2.60. The Labute approximate surface area is 160 Å². The van der Waals surface area contributed by atoms with Crippen LogP contribution in [0.2, 0.25) is 0 Å². The van der Waals surface area contributed by atoms with E-state index in [-0.39, 0.29) is 11.6 Å². The minimum atomic E-state index is -0.427. The monoisotopic (exact) mass is 382 g/mol. The molecule has 0 spiro atoms. The maximum Gasteiger partial charge on any atom is 0.293 e. The third-order valence-electron chi connectivity index (χ3n) is 3.86. The van der Waals surface area contributed by atoms with Crippen LogP contribution in [0.25, 0.3) is 6.08 Å². The average Bonchev–Trinajstić information content (AvgIpc) is 2.93. The summed E-state index contributed by atoms with van der Waals surface area (Å²) in [6.45, 7) is 1.97. The van der Waals surface area contributed by atoms with Gasteiger partial charge in [0.2, 0.25) is 0 Å². The van der Waals surface area contributed by atoms with Gasteiger partial charge in [-0.25, -0.2) is 4.99 Å². The molecule has 1 aliphatic heterocycles. The zero-order chi connectivity index (χ0) is 19.6. The number of rotatable bonds is 4.